The number of hydrogen-bond acceptors (Lipinski definition) is 3. The van der Waals surface area contributed by atoms with E-state index in [4.69, 9.17) is 0 Å². The van der Waals surface area contributed by atoms with Gasteiger partial charge in [-0.2, -0.15) is 0 Å². The first-order chi connectivity index (χ1) is 8.58. The minimum Gasteiger partial charge on any atom is -0.506 e. The molecule has 0 saturated heterocycles. The summed E-state index contributed by atoms with van der Waals surface area (Å²) in [4.78, 5) is 13.5. The van der Waals surface area contributed by atoms with Gasteiger partial charge in [0.2, 0.25) is 5.91 Å². The predicted octanol–water partition coefficient (Wildman–Crippen LogP) is 2.11. The van der Waals surface area contributed by atoms with Crippen molar-refractivity contribution in [2.24, 2.45) is 0 Å². The molecule has 0 aliphatic rings. The Kier molecular flexibility index (Phi) is 6.15. The molecule has 0 aliphatic heterocycles. The Morgan fingerprint density at radius 2 is 2.17 bits per heavy atom. The predicted molar refractivity (Wildman–Crippen MR) is 75.4 cm³/mol. The Morgan fingerprint density at radius 3 is 2.78 bits per heavy atom. The zero-order chi connectivity index (χ0) is 13.5. The summed E-state index contributed by atoms with van der Waals surface area (Å²) in [6.45, 7) is 6.18. The zero-order valence-corrected chi connectivity index (χ0v) is 12.3. The summed E-state index contributed by atoms with van der Waals surface area (Å²) in [5.74, 6) is 0.251. The Labute approximate surface area is 116 Å². The third-order valence-electron chi connectivity index (χ3n) is 2.65. The first-order valence-corrected chi connectivity index (χ1v) is 6.83. The molecule has 0 saturated carbocycles. The maximum atomic E-state index is 11.5. The molecule has 4 nitrogen and oxygen atoms in total. The monoisotopic (exact) mass is 314 g/mol. The van der Waals surface area contributed by atoms with Crippen LogP contribution in [0.25, 0.3) is 0 Å². The first-order valence-electron chi connectivity index (χ1n) is 6.03. The second-order valence-electron chi connectivity index (χ2n) is 4.00. The van der Waals surface area contributed by atoms with Crippen LogP contribution in [0.3, 0.4) is 0 Å². The van der Waals surface area contributed by atoms with Crippen molar-refractivity contribution in [3.05, 3.63) is 28.2 Å². The van der Waals surface area contributed by atoms with Gasteiger partial charge in [0.25, 0.3) is 0 Å². The van der Waals surface area contributed by atoms with Gasteiger partial charge in [0, 0.05) is 18.7 Å². The van der Waals surface area contributed by atoms with Gasteiger partial charge >= 0.3 is 0 Å². The molecule has 0 bridgehead atoms. The fourth-order valence-electron chi connectivity index (χ4n) is 1.66. The number of benzene rings is 1. The molecule has 0 heterocycles. The highest BCUT2D eigenvalue weighted by Gasteiger charge is 2.12. The Bertz CT molecular complexity index is 410. The number of nitrogens with one attached hydrogen (secondary N) is 1. The smallest absolute Gasteiger partial charge is 0.234 e. The van der Waals surface area contributed by atoms with Gasteiger partial charge in [-0.05, 0) is 35.5 Å². The van der Waals surface area contributed by atoms with Crippen molar-refractivity contribution in [2.75, 3.05) is 19.6 Å². The molecule has 0 fully saturated rings. The number of hydrogen-bond donors (Lipinski definition) is 2. The summed E-state index contributed by atoms with van der Waals surface area (Å²) in [5, 5.41) is 12.7. The molecule has 0 aliphatic carbocycles. The molecule has 0 spiro atoms. The molecule has 1 aromatic rings. The molecule has 5 heteroatoms. The van der Waals surface area contributed by atoms with Gasteiger partial charge < -0.3 is 10.4 Å². The van der Waals surface area contributed by atoms with E-state index in [9.17, 15) is 9.90 Å². The van der Waals surface area contributed by atoms with Crippen LogP contribution in [-0.4, -0.2) is 35.5 Å². The van der Waals surface area contributed by atoms with E-state index in [0.29, 0.717) is 24.1 Å². The number of rotatable bonds is 6. The van der Waals surface area contributed by atoms with E-state index in [-0.39, 0.29) is 11.7 Å². The fraction of sp³-hybridized carbons (Fsp3) is 0.462. The van der Waals surface area contributed by atoms with E-state index in [1.807, 2.05) is 30.9 Å². The van der Waals surface area contributed by atoms with Crippen molar-refractivity contribution >= 4 is 21.8 Å². The standard InChI is InChI=1S/C13H19BrN2O2/c1-3-15-12(17)9-16(4-2)8-10-6-5-7-11(14)13(10)18/h5-7,18H,3-4,8-9H2,1-2H3,(H,15,17). The number of halogens is 1. The van der Waals surface area contributed by atoms with Crippen molar-refractivity contribution < 1.29 is 9.90 Å². The highest BCUT2D eigenvalue weighted by atomic mass is 79.9. The van der Waals surface area contributed by atoms with Gasteiger partial charge in [0.1, 0.15) is 5.75 Å². The maximum Gasteiger partial charge on any atom is 0.234 e. The molecule has 0 aromatic heterocycles. The minimum atomic E-state index is 0.00818. The van der Waals surface area contributed by atoms with Crippen LogP contribution in [-0.2, 0) is 11.3 Å². The minimum absolute atomic E-state index is 0.00818. The highest BCUT2D eigenvalue weighted by Crippen LogP contribution is 2.28. The van der Waals surface area contributed by atoms with Crippen LogP contribution in [0.5, 0.6) is 5.75 Å². The molecular weight excluding hydrogens is 296 g/mol. The molecule has 0 radical (unpaired) electrons. The molecule has 1 amide bonds. The van der Waals surface area contributed by atoms with Crippen LogP contribution < -0.4 is 5.32 Å². The third-order valence-corrected chi connectivity index (χ3v) is 3.29. The van der Waals surface area contributed by atoms with E-state index in [2.05, 4.69) is 21.2 Å². The van der Waals surface area contributed by atoms with E-state index >= 15 is 0 Å². The van der Waals surface area contributed by atoms with Crippen LogP contribution in [0.4, 0.5) is 0 Å². The quantitative estimate of drug-likeness (QED) is 0.845. The van der Waals surface area contributed by atoms with Crippen LogP contribution >= 0.6 is 15.9 Å². The number of amides is 1. The molecule has 1 aromatic carbocycles. The summed E-state index contributed by atoms with van der Waals surface area (Å²) < 4.78 is 0.675. The molecule has 1 rings (SSSR count). The Hall–Kier alpha value is -1.07. The molecule has 0 unspecified atom stereocenters. The van der Waals surface area contributed by atoms with Crippen LogP contribution in [0.15, 0.2) is 22.7 Å². The van der Waals surface area contributed by atoms with E-state index in [1.165, 1.54) is 0 Å². The second kappa shape index (κ2) is 7.38. The van der Waals surface area contributed by atoms with Gasteiger partial charge in [0.05, 0.1) is 11.0 Å². The van der Waals surface area contributed by atoms with E-state index in [0.717, 1.165) is 12.1 Å². The number of phenolic OH excluding ortho intramolecular Hbond substituents is 1. The lowest BCUT2D eigenvalue weighted by Crippen LogP contribution is -2.36. The topological polar surface area (TPSA) is 52.6 Å². The van der Waals surface area contributed by atoms with Gasteiger partial charge in [0.15, 0.2) is 0 Å². The van der Waals surface area contributed by atoms with Gasteiger partial charge in [-0.1, -0.05) is 19.1 Å². The lowest BCUT2D eigenvalue weighted by molar-refractivity contribution is -0.122. The summed E-state index contributed by atoms with van der Waals surface area (Å²) in [5.41, 5.74) is 0.815. The van der Waals surface area contributed by atoms with Gasteiger partial charge in [-0.25, -0.2) is 0 Å². The molecule has 100 valence electrons. The summed E-state index contributed by atoms with van der Waals surface area (Å²) in [7, 11) is 0. The number of nitrogens with zero attached hydrogens (tertiary/aromatic N) is 1. The lowest BCUT2D eigenvalue weighted by Gasteiger charge is -2.20. The number of carbonyl (C=O) groups is 1. The van der Waals surface area contributed by atoms with Crippen molar-refractivity contribution in [1.82, 2.24) is 10.2 Å². The number of phenols is 1. The zero-order valence-electron chi connectivity index (χ0n) is 10.7. The summed E-state index contributed by atoms with van der Waals surface area (Å²) in [6, 6.07) is 5.53. The number of para-hydroxylation sites is 1. The van der Waals surface area contributed by atoms with Crippen molar-refractivity contribution in [3.8, 4) is 5.75 Å². The van der Waals surface area contributed by atoms with Crippen molar-refractivity contribution in [2.45, 2.75) is 20.4 Å². The van der Waals surface area contributed by atoms with Crippen LogP contribution in [0, 0.1) is 0 Å². The summed E-state index contributed by atoms with van der Waals surface area (Å²) in [6.07, 6.45) is 0. The maximum absolute atomic E-state index is 11.5. The van der Waals surface area contributed by atoms with Crippen molar-refractivity contribution in [1.29, 1.82) is 0 Å². The third kappa shape index (κ3) is 4.31. The molecule has 18 heavy (non-hydrogen) atoms. The number of likely N-dealkylation sites (N-methyl/N-ethyl adjacent to an activating group) is 2. The van der Waals surface area contributed by atoms with Crippen molar-refractivity contribution in [3.63, 3.8) is 0 Å². The molecular formula is C13H19BrN2O2. The van der Waals surface area contributed by atoms with Gasteiger partial charge in [-0.3, -0.25) is 9.69 Å². The average molecular weight is 315 g/mol. The molecule has 0 atom stereocenters. The second-order valence-corrected chi connectivity index (χ2v) is 4.86. The fourth-order valence-corrected chi connectivity index (χ4v) is 2.07. The summed E-state index contributed by atoms with van der Waals surface area (Å²) >= 11 is 3.29. The number of aromatic hydroxyl groups is 1. The number of carbonyl (C=O) groups excluding carboxylic acids is 1. The normalized spacial score (nSPS) is 10.7. The van der Waals surface area contributed by atoms with Crippen LogP contribution in [0.1, 0.15) is 19.4 Å². The Morgan fingerprint density at radius 1 is 1.44 bits per heavy atom. The average Bonchev–Trinajstić information content (AvgIpc) is 2.34. The molecule has 2 N–H and O–H groups in total. The van der Waals surface area contributed by atoms with Gasteiger partial charge in [-0.15, -0.1) is 0 Å². The Balaban J connectivity index is 2.68. The first kappa shape index (κ1) is 15.0. The van der Waals surface area contributed by atoms with Crippen LogP contribution in [0.2, 0.25) is 0 Å². The SMILES string of the molecule is CCNC(=O)CN(CC)Cc1cccc(Br)c1O. The van der Waals surface area contributed by atoms with E-state index < -0.39 is 0 Å². The lowest BCUT2D eigenvalue weighted by atomic mass is 10.2. The largest absolute Gasteiger partial charge is 0.506 e. The highest BCUT2D eigenvalue weighted by molar-refractivity contribution is 9.10. The van der Waals surface area contributed by atoms with E-state index in [1.54, 1.807) is 6.07 Å².